The summed E-state index contributed by atoms with van der Waals surface area (Å²) in [5.41, 5.74) is 0.770. The van der Waals surface area contributed by atoms with E-state index >= 15 is 0 Å². The maximum absolute atomic E-state index is 11.9. The first kappa shape index (κ1) is 12.7. The van der Waals surface area contributed by atoms with Gasteiger partial charge in [0.05, 0.1) is 5.69 Å². The molecule has 0 bridgehead atoms. The predicted molar refractivity (Wildman–Crippen MR) is 63.1 cm³/mol. The summed E-state index contributed by atoms with van der Waals surface area (Å²) in [6.07, 6.45) is 3.36. The highest BCUT2D eigenvalue weighted by Gasteiger charge is 2.23. The summed E-state index contributed by atoms with van der Waals surface area (Å²) in [7, 11) is 0. The molecule has 0 aliphatic rings. The molecule has 16 heavy (non-hydrogen) atoms. The molecular formula is C12H20N2O2. The molecule has 0 aromatic carbocycles. The zero-order valence-corrected chi connectivity index (χ0v) is 10.4. The molecule has 0 spiro atoms. The third-order valence-electron chi connectivity index (χ3n) is 2.96. The maximum atomic E-state index is 11.9. The van der Waals surface area contributed by atoms with E-state index < -0.39 is 0 Å². The lowest BCUT2D eigenvalue weighted by Gasteiger charge is -2.19. The fourth-order valence-electron chi connectivity index (χ4n) is 1.74. The highest BCUT2D eigenvalue weighted by molar-refractivity contribution is 5.90. The largest absolute Gasteiger partial charge is 0.432 e. The number of aryl methyl sites for hydroxylation is 1. The summed E-state index contributed by atoms with van der Waals surface area (Å²) in [6.45, 7) is 8.03. The Balaban J connectivity index is 2.62. The number of oxazole rings is 1. The Morgan fingerprint density at radius 2 is 2.19 bits per heavy atom. The summed E-state index contributed by atoms with van der Waals surface area (Å²) in [4.78, 5) is 16.0. The first-order valence-corrected chi connectivity index (χ1v) is 5.81. The van der Waals surface area contributed by atoms with Crippen LogP contribution in [0, 0.1) is 18.8 Å². The van der Waals surface area contributed by atoms with Crippen LogP contribution in [0.4, 0.5) is 6.01 Å². The van der Waals surface area contributed by atoms with Gasteiger partial charge in [0.2, 0.25) is 5.91 Å². The second kappa shape index (κ2) is 5.68. The molecule has 90 valence electrons. The van der Waals surface area contributed by atoms with Crippen LogP contribution in [0.3, 0.4) is 0 Å². The standard InChI is InChI=1S/C12H20N2O2/c1-5-8(3)10(6-2)11(15)14-12-13-9(4)7-16-12/h7-8,10H,5-6H2,1-4H3,(H,13,14,15). The minimum atomic E-state index is -0.00120. The van der Waals surface area contributed by atoms with Crippen LogP contribution in [0.2, 0.25) is 0 Å². The van der Waals surface area contributed by atoms with Crippen LogP contribution in [-0.2, 0) is 4.79 Å². The first-order chi connectivity index (χ1) is 7.58. The Labute approximate surface area is 96.4 Å². The molecule has 0 saturated heterocycles. The number of amides is 1. The molecule has 0 saturated carbocycles. The smallest absolute Gasteiger partial charge is 0.301 e. The number of carbonyl (C=O) groups is 1. The van der Waals surface area contributed by atoms with Crippen molar-refractivity contribution < 1.29 is 9.21 Å². The number of nitrogens with zero attached hydrogens (tertiary/aromatic N) is 1. The van der Waals surface area contributed by atoms with Crippen molar-refractivity contribution in [1.82, 2.24) is 4.98 Å². The maximum Gasteiger partial charge on any atom is 0.301 e. The number of nitrogens with one attached hydrogen (secondary N) is 1. The van der Waals surface area contributed by atoms with E-state index in [1.807, 2.05) is 13.8 Å². The average molecular weight is 224 g/mol. The Morgan fingerprint density at radius 3 is 2.62 bits per heavy atom. The van der Waals surface area contributed by atoms with Gasteiger partial charge in [0.15, 0.2) is 0 Å². The van der Waals surface area contributed by atoms with E-state index in [-0.39, 0.29) is 11.8 Å². The van der Waals surface area contributed by atoms with E-state index in [0.29, 0.717) is 11.9 Å². The van der Waals surface area contributed by atoms with Gasteiger partial charge in [-0.2, -0.15) is 4.98 Å². The van der Waals surface area contributed by atoms with Crippen molar-refractivity contribution in [3.63, 3.8) is 0 Å². The highest BCUT2D eigenvalue weighted by Crippen LogP contribution is 2.20. The predicted octanol–water partition coefficient (Wildman–Crippen LogP) is 2.99. The van der Waals surface area contributed by atoms with Crippen LogP contribution in [0.15, 0.2) is 10.7 Å². The monoisotopic (exact) mass is 224 g/mol. The summed E-state index contributed by atoms with van der Waals surface area (Å²) in [5.74, 6) is 0.400. The van der Waals surface area contributed by atoms with Gasteiger partial charge in [-0.25, -0.2) is 0 Å². The minimum absolute atomic E-state index is 0.00120. The van der Waals surface area contributed by atoms with E-state index in [9.17, 15) is 4.79 Å². The Bertz CT molecular complexity index is 347. The molecule has 1 aromatic heterocycles. The van der Waals surface area contributed by atoms with Crippen LogP contribution in [-0.4, -0.2) is 10.9 Å². The molecule has 2 unspecified atom stereocenters. The number of aromatic nitrogens is 1. The first-order valence-electron chi connectivity index (χ1n) is 5.81. The summed E-state index contributed by atoms with van der Waals surface area (Å²) < 4.78 is 5.10. The summed E-state index contributed by atoms with van der Waals surface area (Å²) in [5, 5.41) is 2.71. The van der Waals surface area contributed by atoms with Gasteiger partial charge in [0.1, 0.15) is 6.26 Å². The van der Waals surface area contributed by atoms with E-state index in [1.165, 1.54) is 6.26 Å². The molecule has 0 fully saturated rings. The Morgan fingerprint density at radius 1 is 1.50 bits per heavy atom. The van der Waals surface area contributed by atoms with E-state index in [0.717, 1.165) is 18.5 Å². The molecule has 1 amide bonds. The van der Waals surface area contributed by atoms with E-state index in [1.54, 1.807) is 0 Å². The van der Waals surface area contributed by atoms with Crippen molar-refractivity contribution in [2.24, 2.45) is 11.8 Å². The van der Waals surface area contributed by atoms with Gasteiger partial charge in [-0.1, -0.05) is 27.2 Å². The summed E-state index contributed by atoms with van der Waals surface area (Å²) in [6, 6.07) is 0.296. The SMILES string of the molecule is CCC(C)C(CC)C(=O)Nc1nc(C)co1. The van der Waals surface area contributed by atoms with Crippen molar-refractivity contribution in [2.45, 2.75) is 40.5 Å². The normalized spacial score (nSPS) is 14.5. The number of anilines is 1. The van der Waals surface area contributed by atoms with Crippen molar-refractivity contribution in [2.75, 3.05) is 5.32 Å². The zero-order chi connectivity index (χ0) is 12.1. The van der Waals surface area contributed by atoms with Crippen molar-refractivity contribution in [1.29, 1.82) is 0 Å². The van der Waals surface area contributed by atoms with Crippen LogP contribution in [0.25, 0.3) is 0 Å². The van der Waals surface area contributed by atoms with Crippen LogP contribution in [0.1, 0.15) is 39.3 Å². The lowest BCUT2D eigenvalue weighted by atomic mass is 9.89. The average Bonchev–Trinajstić information content (AvgIpc) is 2.64. The zero-order valence-electron chi connectivity index (χ0n) is 10.4. The molecule has 4 nitrogen and oxygen atoms in total. The van der Waals surface area contributed by atoms with Gasteiger partial charge in [-0.3, -0.25) is 10.1 Å². The Kier molecular flexibility index (Phi) is 4.52. The van der Waals surface area contributed by atoms with Gasteiger partial charge in [-0.15, -0.1) is 0 Å². The van der Waals surface area contributed by atoms with Crippen LogP contribution < -0.4 is 5.32 Å². The molecule has 0 aliphatic carbocycles. The minimum Gasteiger partial charge on any atom is -0.432 e. The number of carbonyl (C=O) groups excluding carboxylic acids is 1. The Hall–Kier alpha value is -1.32. The van der Waals surface area contributed by atoms with E-state index in [4.69, 9.17) is 4.42 Å². The van der Waals surface area contributed by atoms with Crippen LogP contribution >= 0.6 is 0 Å². The van der Waals surface area contributed by atoms with E-state index in [2.05, 4.69) is 24.1 Å². The van der Waals surface area contributed by atoms with Crippen molar-refractivity contribution >= 4 is 11.9 Å². The fraction of sp³-hybridized carbons (Fsp3) is 0.667. The quantitative estimate of drug-likeness (QED) is 0.836. The molecule has 1 aromatic rings. The number of hydrogen-bond acceptors (Lipinski definition) is 3. The molecule has 1 rings (SSSR count). The van der Waals surface area contributed by atoms with Crippen molar-refractivity contribution in [3.8, 4) is 0 Å². The lowest BCUT2D eigenvalue weighted by Crippen LogP contribution is -2.27. The molecule has 0 radical (unpaired) electrons. The van der Waals surface area contributed by atoms with Gasteiger partial charge in [0.25, 0.3) is 0 Å². The third kappa shape index (κ3) is 3.08. The topological polar surface area (TPSA) is 55.1 Å². The van der Waals surface area contributed by atoms with Crippen molar-refractivity contribution in [3.05, 3.63) is 12.0 Å². The molecule has 4 heteroatoms. The molecule has 1 heterocycles. The van der Waals surface area contributed by atoms with Gasteiger partial charge in [0, 0.05) is 5.92 Å². The molecule has 1 N–H and O–H groups in total. The van der Waals surface area contributed by atoms with Crippen LogP contribution in [0.5, 0.6) is 0 Å². The fourth-order valence-corrected chi connectivity index (χ4v) is 1.74. The molecular weight excluding hydrogens is 204 g/mol. The van der Waals surface area contributed by atoms with Gasteiger partial charge < -0.3 is 4.42 Å². The molecule has 2 atom stereocenters. The summed E-state index contributed by atoms with van der Waals surface area (Å²) >= 11 is 0. The molecule has 0 aliphatic heterocycles. The number of hydrogen-bond donors (Lipinski definition) is 1. The second-order valence-electron chi connectivity index (χ2n) is 4.18. The second-order valence-corrected chi connectivity index (χ2v) is 4.18. The van der Waals surface area contributed by atoms with Gasteiger partial charge >= 0.3 is 6.01 Å². The third-order valence-corrected chi connectivity index (χ3v) is 2.96. The lowest BCUT2D eigenvalue weighted by molar-refractivity contribution is -0.121. The highest BCUT2D eigenvalue weighted by atomic mass is 16.4. The van der Waals surface area contributed by atoms with Gasteiger partial charge in [-0.05, 0) is 19.3 Å². The number of rotatable bonds is 5.